The monoisotopic (exact) mass is 486 g/mol. The van der Waals surface area contributed by atoms with E-state index in [1.807, 2.05) is 106 Å². The first-order valence-corrected chi connectivity index (χ1v) is 12.8. The zero-order valence-corrected chi connectivity index (χ0v) is 22.1. The van der Waals surface area contributed by atoms with Gasteiger partial charge in [0.15, 0.2) is 0 Å². The number of likely N-dealkylation sites (N-methyl/N-ethyl adjacent to an activating group) is 1. The summed E-state index contributed by atoms with van der Waals surface area (Å²) in [5.41, 5.74) is 3.77. The Hall–Kier alpha value is -2.99. The average Bonchev–Trinajstić information content (AvgIpc) is 3.17. The number of carbonyl (C=O) groups is 1. The van der Waals surface area contributed by atoms with Gasteiger partial charge in [-0.15, -0.1) is 0 Å². The summed E-state index contributed by atoms with van der Waals surface area (Å²) in [7, 11) is 2.04. The standard InChI is InChI=1S/C31H38N2O3/c1-20(2)33(21(3)4)30(35)27-25(28(34)23-14-9-7-10-15-23)18-13-19-26(27)31-32(6)22(5)29(36-31)24-16-11-8-12-17-24/h7-22,28-29,31,34H,1-6H3/t22-,28+,29-,31-/m0/s1. The molecule has 1 amide bonds. The summed E-state index contributed by atoms with van der Waals surface area (Å²) < 4.78 is 6.66. The fourth-order valence-corrected chi connectivity index (χ4v) is 5.35. The molecular formula is C31H38N2O3. The van der Waals surface area contributed by atoms with Gasteiger partial charge in [0.25, 0.3) is 5.91 Å². The van der Waals surface area contributed by atoms with Gasteiger partial charge in [-0.2, -0.15) is 0 Å². The van der Waals surface area contributed by atoms with Crippen LogP contribution in [-0.4, -0.2) is 46.0 Å². The van der Waals surface area contributed by atoms with Crippen molar-refractivity contribution >= 4 is 5.91 Å². The van der Waals surface area contributed by atoms with E-state index in [1.165, 1.54) is 0 Å². The zero-order valence-electron chi connectivity index (χ0n) is 22.1. The Morgan fingerprint density at radius 1 is 0.889 bits per heavy atom. The van der Waals surface area contributed by atoms with E-state index >= 15 is 0 Å². The van der Waals surface area contributed by atoms with E-state index in [4.69, 9.17) is 4.74 Å². The number of aliphatic hydroxyl groups excluding tert-OH is 1. The largest absolute Gasteiger partial charge is 0.384 e. The topological polar surface area (TPSA) is 53.0 Å². The normalized spacial score (nSPS) is 21.2. The molecule has 36 heavy (non-hydrogen) atoms. The molecule has 190 valence electrons. The van der Waals surface area contributed by atoms with Crippen LogP contribution in [0.1, 0.15) is 85.7 Å². The third kappa shape index (κ3) is 4.96. The second kappa shape index (κ2) is 11.0. The summed E-state index contributed by atoms with van der Waals surface area (Å²) in [6, 6.07) is 25.6. The van der Waals surface area contributed by atoms with Gasteiger partial charge in [0.1, 0.15) is 18.4 Å². The first kappa shape index (κ1) is 26.1. The van der Waals surface area contributed by atoms with Gasteiger partial charge in [-0.05, 0) is 58.4 Å². The zero-order chi connectivity index (χ0) is 26.0. The summed E-state index contributed by atoms with van der Waals surface area (Å²) in [5.74, 6) is -0.0894. The van der Waals surface area contributed by atoms with Gasteiger partial charge in [0.05, 0.1) is 5.56 Å². The summed E-state index contributed by atoms with van der Waals surface area (Å²) in [4.78, 5) is 18.3. The predicted molar refractivity (Wildman–Crippen MR) is 144 cm³/mol. The molecule has 3 aromatic rings. The first-order valence-electron chi connectivity index (χ1n) is 12.8. The smallest absolute Gasteiger partial charge is 0.255 e. The molecule has 5 heteroatoms. The van der Waals surface area contributed by atoms with Gasteiger partial charge in [-0.1, -0.05) is 78.9 Å². The lowest BCUT2D eigenvalue weighted by molar-refractivity contribution is 0.00436. The molecule has 1 heterocycles. The van der Waals surface area contributed by atoms with Crippen LogP contribution in [0.3, 0.4) is 0 Å². The Kier molecular flexibility index (Phi) is 7.94. The third-order valence-corrected chi connectivity index (χ3v) is 7.22. The number of hydrogen-bond donors (Lipinski definition) is 1. The van der Waals surface area contributed by atoms with Crippen molar-refractivity contribution in [2.24, 2.45) is 0 Å². The Labute approximate surface area is 215 Å². The summed E-state index contributed by atoms with van der Waals surface area (Å²) in [6.07, 6.45) is -1.48. The van der Waals surface area contributed by atoms with Crippen molar-refractivity contribution in [3.63, 3.8) is 0 Å². The lowest BCUT2D eigenvalue weighted by Gasteiger charge is -2.34. The molecule has 1 fully saturated rings. The Bertz CT molecular complexity index is 1150. The van der Waals surface area contributed by atoms with Crippen molar-refractivity contribution in [3.05, 3.63) is 107 Å². The number of rotatable bonds is 7. The van der Waals surface area contributed by atoms with Crippen LogP contribution in [-0.2, 0) is 4.74 Å². The number of ether oxygens (including phenoxy) is 1. The fourth-order valence-electron chi connectivity index (χ4n) is 5.35. The number of benzene rings is 3. The van der Waals surface area contributed by atoms with E-state index in [2.05, 4.69) is 24.0 Å². The van der Waals surface area contributed by atoms with Crippen molar-refractivity contribution in [3.8, 4) is 0 Å². The lowest BCUT2D eigenvalue weighted by Crippen LogP contribution is -2.43. The molecule has 3 aromatic carbocycles. The molecule has 0 bridgehead atoms. The highest BCUT2D eigenvalue weighted by Gasteiger charge is 2.41. The van der Waals surface area contributed by atoms with Crippen molar-refractivity contribution in [1.29, 1.82) is 0 Å². The number of aliphatic hydroxyl groups is 1. The van der Waals surface area contributed by atoms with Crippen molar-refractivity contribution in [2.45, 2.75) is 71.2 Å². The summed E-state index contributed by atoms with van der Waals surface area (Å²) in [5, 5.41) is 11.5. The Morgan fingerprint density at radius 2 is 1.47 bits per heavy atom. The maximum absolute atomic E-state index is 14.2. The highest BCUT2D eigenvalue weighted by molar-refractivity contribution is 5.98. The quantitative estimate of drug-likeness (QED) is 0.437. The van der Waals surface area contributed by atoms with Gasteiger partial charge in [0, 0.05) is 23.7 Å². The molecule has 0 saturated carbocycles. The minimum Gasteiger partial charge on any atom is -0.384 e. The fraction of sp³-hybridized carbons (Fsp3) is 0.387. The summed E-state index contributed by atoms with van der Waals surface area (Å²) >= 11 is 0. The summed E-state index contributed by atoms with van der Waals surface area (Å²) in [6.45, 7) is 10.3. The molecule has 1 saturated heterocycles. The SMILES string of the molecule is CC(C)N(C(=O)c1c([C@H](O)c2ccccc2)cccc1[C@@H]1O[C@H](c2ccccc2)[C@H](C)N1C)C(C)C. The predicted octanol–water partition coefficient (Wildman–Crippen LogP) is 6.12. The van der Waals surface area contributed by atoms with Crippen molar-refractivity contribution < 1.29 is 14.6 Å². The van der Waals surface area contributed by atoms with Crippen LogP contribution in [0.15, 0.2) is 78.9 Å². The van der Waals surface area contributed by atoms with E-state index in [-0.39, 0.29) is 30.1 Å². The maximum Gasteiger partial charge on any atom is 0.255 e. The molecule has 1 N–H and O–H groups in total. The molecule has 0 unspecified atom stereocenters. The van der Waals surface area contributed by atoms with Crippen LogP contribution in [0.2, 0.25) is 0 Å². The Balaban J connectivity index is 1.85. The van der Waals surface area contributed by atoms with Gasteiger partial charge in [0.2, 0.25) is 0 Å². The molecule has 1 aliphatic rings. The first-order chi connectivity index (χ1) is 17.2. The highest BCUT2D eigenvalue weighted by Crippen LogP contribution is 2.43. The molecular weight excluding hydrogens is 448 g/mol. The van der Waals surface area contributed by atoms with E-state index in [0.717, 1.165) is 16.7 Å². The minimum atomic E-state index is -0.930. The maximum atomic E-state index is 14.2. The molecule has 0 aromatic heterocycles. The molecule has 1 aliphatic heterocycles. The molecule has 0 aliphatic carbocycles. The van der Waals surface area contributed by atoms with Crippen molar-refractivity contribution in [2.75, 3.05) is 7.05 Å². The second-order valence-electron chi connectivity index (χ2n) is 10.3. The van der Waals surface area contributed by atoms with Crippen LogP contribution >= 0.6 is 0 Å². The number of nitrogens with zero attached hydrogens (tertiary/aromatic N) is 2. The van der Waals surface area contributed by atoms with Gasteiger partial charge < -0.3 is 14.7 Å². The average molecular weight is 487 g/mol. The van der Waals surface area contributed by atoms with E-state index in [0.29, 0.717) is 11.1 Å². The molecule has 4 rings (SSSR count). The van der Waals surface area contributed by atoms with Gasteiger partial charge >= 0.3 is 0 Å². The number of carbonyl (C=O) groups excluding carboxylic acids is 1. The molecule has 5 nitrogen and oxygen atoms in total. The van der Waals surface area contributed by atoms with Crippen LogP contribution in [0, 0.1) is 0 Å². The molecule has 4 atom stereocenters. The van der Waals surface area contributed by atoms with E-state index in [9.17, 15) is 9.90 Å². The van der Waals surface area contributed by atoms with Gasteiger partial charge in [-0.25, -0.2) is 0 Å². The second-order valence-corrected chi connectivity index (χ2v) is 10.3. The van der Waals surface area contributed by atoms with Gasteiger partial charge in [-0.3, -0.25) is 9.69 Å². The number of hydrogen-bond acceptors (Lipinski definition) is 4. The lowest BCUT2D eigenvalue weighted by atomic mass is 9.91. The van der Waals surface area contributed by atoms with Crippen LogP contribution < -0.4 is 0 Å². The van der Waals surface area contributed by atoms with Crippen LogP contribution in [0.25, 0.3) is 0 Å². The highest BCUT2D eigenvalue weighted by atomic mass is 16.5. The van der Waals surface area contributed by atoms with Crippen molar-refractivity contribution in [1.82, 2.24) is 9.80 Å². The molecule has 0 spiro atoms. The van der Waals surface area contributed by atoms with E-state index in [1.54, 1.807) is 0 Å². The van der Waals surface area contributed by atoms with Crippen LogP contribution in [0.5, 0.6) is 0 Å². The van der Waals surface area contributed by atoms with Crippen LogP contribution in [0.4, 0.5) is 0 Å². The third-order valence-electron chi connectivity index (χ3n) is 7.22. The number of amides is 1. The minimum absolute atomic E-state index is 0.00508. The van der Waals surface area contributed by atoms with E-state index < -0.39 is 12.3 Å². The molecule has 0 radical (unpaired) electrons. The Morgan fingerprint density at radius 3 is 2.06 bits per heavy atom.